The number of morpholine rings is 1. The summed E-state index contributed by atoms with van der Waals surface area (Å²) in [5.41, 5.74) is 7.50. The van der Waals surface area contributed by atoms with E-state index in [2.05, 4.69) is 52.8 Å². The SMILES string of the molecule is C/C(=N/NC(=S)NCCCN1CCOCC1)c1ccc(C)cc1C. The van der Waals surface area contributed by atoms with Gasteiger partial charge in [-0.05, 0) is 51.5 Å². The van der Waals surface area contributed by atoms with Crippen LogP contribution in [0.15, 0.2) is 23.3 Å². The number of nitrogens with one attached hydrogen (secondary N) is 2. The van der Waals surface area contributed by atoms with E-state index >= 15 is 0 Å². The van der Waals surface area contributed by atoms with Crippen molar-refractivity contribution in [3.05, 3.63) is 34.9 Å². The minimum Gasteiger partial charge on any atom is -0.379 e. The Labute approximate surface area is 150 Å². The van der Waals surface area contributed by atoms with Crippen molar-refractivity contribution < 1.29 is 4.74 Å². The molecule has 2 N–H and O–H groups in total. The van der Waals surface area contributed by atoms with Crippen LogP contribution in [0.3, 0.4) is 0 Å². The van der Waals surface area contributed by atoms with Crippen LogP contribution in [0.4, 0.5) is 0 Å². The van der Waals surface area contributed by atoms with E-state index in [1.165, 1.54) is 11.1 Å². The zero-order chi connectivity index (χ0) is 17.4. The molecule has 24 heavy (non-hydrogen) atoms. The lowest BCUT2D eigenvalue weighted by Gasteiger charge is -2.26. The quantitative estimate of drug-likeness (QED) is 0.357. The molecule has 0 amide bonds. The molecule has 0 unspecified atom stereocenters. The van der Waals surface area contributed by atoms with Crippen LogP contribution in [0.25, 0.3) is 0 Å². The molecule has 132 valence electrons. The molecule has 5 nitrogen and oxygen atoms in total. The summed E-state index contributed by atoms with van der Waals surface area (Å²) in [5, 5.41) is 8.17. The van der Waals surface area contributed by atoms with Crippen LogP contribution in [0.5, 0.6) is 0 Å². The maximum atomic E-state index is 5.35. The Morgan fingerprint density at radius 3 is 2.75 bits per heavy atom. The number of benzene rings is 1. The highest BCUT2D eigenvalue weighted by Crippen LogP contribution is 2.11. The van der Waals surface area contributed by atoms with Crippen LogP contribution in [0.2, 0.25) is 0 Å². The first-order valence-corrected chi connectivity index (χ1v) is 8.93. The Morgan fingerprint density at radius 2 is 2.04 bits per heavy atom. The van der Waals surface area contributed by atoms with Crippen LogP contribution >= 0.6 is 12.2 Å². The molecule has 0 radical (unpaired) electrons. The summed E-state index contributed by atoms with van der Waals surface area (Å²) in [6.45, 7) is 11.9. The van der Waals surface area contributed by atoms with Gasteiger partial charge < -0.3 is 10.1 Å². The second-order valence-corrected chi connectivity index (χ2v) is 6.60. The molecular formula is C18H28N4OS. The first-order valence-electron chi connectivity index (χ1n) is 8.52. The maximum absolute atomic E-state index is 5.35. The summed E-state index contributed by atoms with van der Waals surface area (Å²) < 4.78 is 5.35. The Kier molecular flexibility index (Phi) is 7.62. The molecule has 1 aromatic rings. The molecular weight excluding hydrogens is 320 g/mol. The molecule has 0 bridgehead atoms. The predicted octanol–water partition coefficient (Wildman–Crippen LogP) is 2.21. The standard InChI is InChI=1S/C18H28N4OS/c1-14-5-6-17(15(2)13-14)16(3)20-21-18(24)19-7-4-8-22-9-11-23-12-10-22/h5-6,13H,4,7-12H2,1-3H3,(H2,19,21,24)/b20-16-. The van der Waals surface area contributed by atoms with Crippen molar-refractivity contribution in [1.29, 1.82) is 0 Å². The number of ether oxygens (including phenoxy) is 1. The topological polar surface area (TPSA) is 48.9 Å². The number of hydrazone groups is 1. The third-order valence-electron chi connectivity index (χ3n) is 4.14. The van der Waals surface area contributed by atoms with Gasteiger partial charge in [-0.3, -0.25) is 10.3 Å². The molecule has 1 aliphatic heterocycles. The lowest BCUT2D eigenvalue weighted by molar-refractivity contribution is 0.0376. The highest BCUT2D eigenvalue weighted by Gasteiger charge is 2.09. The molecule has 1 saturated heterocycles. The van der Waals surface area contributed by atoms with Crippen molar-refractivity contribution in [2.75, 3.05) is 39.4 Å². The lowest BCUT2D eigenvalue weighted by atomic mass is 10.0. The van der Waals surface area contributed by atoms with Crippen molar-refractivity contribution in [1.82, 2.24) is 15.6 Å². The van der Waals surface area contributed by atoms with E-state index in [9.17, 15) is 0 Å². The molecule has 0 aromatic heterocycles. The number of hydrogen-bond donors (Lipinski definition) is 2. The third kappa shape index (κ3) is 6.19. The van der Waals surface area contributed by atoms with Crippen LogP contribution in [-0.4, -0.2) is 55.1 Å². The van der Waals surface area contributed by atoms with Crippen LogP contribution < -0.4 is 10.7 Å². The van der Waals surface area contributed by atoms with Gasteiger partial charge >= 0.3 is 0 Å². The molecule has 6 heteroatoms. The van der Waals surface area contributed by atoms with E-state index in [4.69, 9.17) is 17.0 Å². The van der Waals surface area contributed by atoms with E-state index in [0.29, 0.717) is 5.11 Å². The zero-order valence-electron chi connectivity index (χ0n) is 14.9. The lowest BCUT2D eigenvalue weighted by Crippen LogP contribution is -2.39. The van der Waals surface area contributed by atoms with Gasteiger partial charge in [0.15, 0.2) is 5.11 Å². The molecule has 1 heterocycles. The minimum absolute atomic E-state index is 0.570. The largest absolute Gasteiger partial charge is 0.379 e. The fraction of sp³-hybridized carbons (Fsp3) is 0.556. The average Bonchev–Trinajstić information content (AvgIpc) is 2.57. The van der Waals surface area contributed by atoms with Crippen molar-refractivity contribution in [3.8, 4) is 0 Å². The summed E-state index contributed by atoms with van der Waals surface area (Å²) >= 11 is 5.28. The summed E-state index contributed by atoms with van der Waals surface area (Å²) in [6, 6.07) is 6.37. The molecule has 0 saturated carbocycles. The van der Waals surface area contributed by atoms with Gasteiger partial charge in [0.1, 0.15) is 0 Å². The van der Waals surface area contributed by atoms with Crippen molar-refractivity contribution >= 4 is 23.0 Å². The molecule has 1 aromatic carbocycles. The smallest absolute Gasteiger partial charge is 0.186 e. The van der Waals surface area contributed by atoms with Gasteiger partial charge in [-0.25, -0.2) is 0 Å². The van der Waals surface area contributed by atoms with Crippen molar-refractivity contribution in [2.45, 2.75) is 27.2 Å². The monoisotopic (exact) mass is 348 g/mol. The van der Waals surface area contributed by atoms with Gasteiger partial charge in [-0.15, -0.1) is 0 Å². The first-order chi connectivity index (χ1) is 11.6. The summed E-state index contributed by atoms with van der Waals surface area (Å²) in [7, 11) is 0. The Balaban J connectivity index is 1.69. The number of aryl methyl sites for hydroxylation is 2. The predicted molar refractivity (Wildman–Crippen MR) is 104 cm³/mol. The first kappa shape index (κ1) is 18.8. The van der Waals surface area contributed by atoms with Gasteiger partial charge in [0, 0.05) is 25.2 Å². The second-order valence-electron chi connectivity index (χ2n) is 6.19. The molecule has 0 spiro atoms. The highest BCUT2D eigenvalue weighted by atomic mass is 32.1. The van der Waals surface area contributed by atoms with Crippen LogP contribution in [0.1, 0.15) is 30.0 Å². The van der Waals surface area contributed by atoms with E-state index < -0.39 is 0 Å². The van der Waals surface area contributed by atoms with Crippen molar-refractivity contribution in [3.63, 3.8) is 0 Å². The van der Waals surface area contributed by atoms with E-state index in [-0.39, 0.29) is 0 Å². The molecule has 1 aliphatic rings. The normalized spacial score (nSPS) is 16.0. The van der Waals surface area contributed by atoms with Crippen LogP contribution in [0, 0.1) is 13.8 Å². The van der Waals surface area contributed by atoms with Gasteiger partial charge in [0.05, 0.1) is 18.9 Å². The number of rotatable bonds is 6. The van der Waals surface area contributed by atoms with Crippen LogP contribution in [-0.2, 0) is 4.74 Å². The fourth-order valence-electron chi connectivity index (χ4n) is 2.78. The summed E-state index contributed by atoms with van der Waals surface area (Å²) in [4.78, 5) is 2.42. The number of thiocarbonyl (C=S) groups is 1. The molecule has 2 rings (SSSR count). The minimum atomic E-state index is 0.570. The van der Waals surface area contributed by atoms with Gasteiger partial charge in [-0.2, -0.15) is 5.10 Å². The Hall–Kier alpha value is -1.50. The van der Waals surface area contributed by atoms with E-state index in [1.807, 2.05) is 6.92 Å². The molecule has 0 aliphatic carbocycles. The fourth-order valence-corrected chi connectivity index (χ4v) is 2.93. The van der Waals surface area contributed by atoms with Gasteiger partial charge in [-0.1, -0.05) is 23.8 Å². The highest BCUT2D eigenvalue weighted by molar-refractivity contribution is 7.80. The molecule has 1 fully saturated rings. The zero-order valence-corrected chi connectivity index (χ0v) is 15.7. The van der Waals surface area contributed by atoms with Gasteiger partial charge in [0.2, 0.25) is 0 Å². The van der Waals surface area contributed by atoms with Crippen molar-refractivity contribution in [2.24, 2.45) is 5.10 Å². The third-order valence-corrected chi connectivity index (χ3v) is 4.37. The number of nitrogens with zero attached hydrogens (tertiary/aromatic N) is 2. The Bertz CT molecular complexity index is 582. The van der Waals surface area contributed by atoms with Gasteiger partial charge in [0.25, 0.3) is 0 Å². The Morgan fingerprint density at radius 1 is 1.29 bits per heavy atom. The molecule has 0 atom stereocenters. The average molecular weight is 349 g/mol. The van der Waals surface area contributed by atoms with E-state index in [1.54, 1.807) is 0 Å². The summed E-state index contributed by atoms with van der Waals surface area (Å²) in [6.07, 6.45) is 1.06. The summed E-state index contributed by atoms with van der Waals surface area (Å²) in [5.74, 6) is 0. The number of hydrogen-bond acceptors (Lipinski definition) is 4. The van der Waals surface area contributed by atoms with E-state index in [0.717, 1.165) is 57.1 Å². The second kappa shape index (κ2) is 9.71. The maximum Gasteiger partial charge on any atom is 0.186 e.